The molecule has 4 unspecified atom stereocenters. The Labute approximate surface area is 200 Å². The SMILES string of the molecule is CCC(C)(C[C@H]1O[C@@H](c2cc3c(F)cc(F)nc3[nH]c2=S)[C@@H](O)C1O)OP(=O)(O)C(C)(O)CC. The molecular weight excluding hydrogens is 493 g/mol. The summed E-state index contributed by atoms with van der Waals surface area (Å²) in [6.07, 6.45) is -5.01. The number of fused-ring (bicyclic) bond motifs is 1. The van der Waals surface area contributed by atoms with Crippen molar-refractivity contribution < 1.29 is 42.8 Å². The molecule has 1 fully saturated rings. The third-order valence-electron chi connectivity index (χ3n) is 6.44. The minimum atomic E-state index is -4.49. The fraction of sp³-hybridized carbons (Fsp3) is 0.619. The molecule has 0 saturated carbocycles. The highest BCUT2D eigenvalue weighted by molar-refractivity contribution is 7.71. The first kappa shape index (κ1) is 27.2. The Bertz CT molecular complexity index is 1180. The van der Waals surface area contributed by atoms with E-state index in [1.807, 2.05) is 0 Å². The molecule has 1 saturated heterocycles. The van der Waals surface area contributed by atoms with Gasteiger partial charge in [-0.05, 0) is 32.8 Å². The predicted octanol–water partition coefficient (Wildman–Crippen LogP) is 3.61. The molecule has 1 aliphatic heterocycles. The molecule has 0 bridgehead atoms. The van der Waals surface area contributed by atoms with Gasteiger partial charge in [-0.1, -0.05) is 26.1 Å². The molecule has 0 spiro atoms. The third-order valence-corrected chi connectivity index (χ3v) is 9.00. The van der Waals surface area contributed by atoms with Crippen LogP contribution in [0.5, 0.6) is 0 Å². The van der Waals surface area contributed by atoms with Crippen molar-refractivity contribution in [3.05, 3.63) is 34.1 Å². The number of aromatic amines is 1. The van der Waals surface area contributed by atoms with E-state index < -0.39 is 54.7 Å². The van der Waals surface area contributed by atoms with Crippen molar-refractivity contribution in [3.63, 3.8) is 0 Å². The van der Waals surface area contributed by atoms with Crippen LogP contribution in [0.25, 0.3) is 11.0 Å². The van der Waals surface area contributed by atoms with Gasteiger partial charge in [0.1, 0.15) is 34.4 Å². The Morgan fingerprint density at radius 3 is 2.47 bits per heavy atom. The highest BCUT2D eigenvalue weighted by atomic mass is 32.1. The number of aliphatic hydroxyl groups excluding tert-OH is 2. The number of rotatable bonds is 8. The van der Waals surface area contributed by atoms with Gasteiger partial charge in [0.2, 0.25) is 5.95 Å². The van der Waals surface area contributed by atoms with E-state index in [1.165, 1.54) is 19.9 Å². The summed E-state index contributed by atoms with van der Waals surface area (Å²) in [5.74, 6) is -1.92. The van der Waals surface area contributed by atoms with Gasteiger partial charge >= 0.3 is 7.60 Å². The predicted molar refractivity (Wildman–Crippen MR) is 122 cm³/mol. The number of aliphatic hydroxyl groups is 3. The van der Waals surface area contributed by atoms with Crippen molar-refractivity contribution in [1.29, 1.82) is 0 Å². The lowest BCUT2D eigenvalue weighted by molar-refractivity contribution is -0.0531. The lowest BCUT2D eigenvalue weighted by Gasteiger charge is -2.37. The van der Waals surface area contributed by atoms with Gasteiger partial charge in [-0.25, -0.2) is 9.37 Å². The molecule has 0 aromatic carbocycles. The Morgan fingerprint density at radius 2 is 1.88 bits per heavy atom. The summed E-state index contributed by atoms with van der Waals surface area (Å²) in [4.78, 5) is 16.5. The minimum absolute atomic E-state index is 0.00950. The van der Waals surface area contributed by atoms with Gasteiger partial charge in [-0.3, -0.25) is 4.57 Å². The monoisotopic (exact) mass is 522 g/mol. The summed E-state index contributed by atoms with van der Waals surface area (Å²) in [6, 6.07) is 1.88. The Morgan fingerprint density at radius 1 is 1.24 bits per heavy atom. The van der Waals surface area contributed by atoms with Crippen molar-refractivity contribution in [2.45, 2.75) is 82.3 Å². The summed E-state index contributed by atoms with van der Waals surface area (Å²) in [6.45, 7) is 5.98. The van der Waals surface area contributed by atoms with Gasteiger partial charge in [-0.2, -0.15) is 4.39 Å². The normalized spacial score (nSPS) is 28.4. The van der Waals surface area contributed by atoms with Crippen molar-refractivity contribution in [3.8, 4) is 0 Å². The van der Waals surface area contributed by atoms with Gasteiger partial charge in [0.25, 0.3) is 0 Å². The molecular formula is C21H29F2N2O7PS. The maximum atomic E-state index is 14.3. The van der Waals surface area contributed by atoms with Crippen LogP contribution in [-0.4, -0.2) is 59.4 Å². The molecule has 2 aromatic heterocycles. The van der Waals surface area contributed by atoms with Crippen molar-refractivity contribution in [2.75, 3.05) is 0 Å². The summed E-state index contributed by atoms with van der Waals surface area (Å²) < 4.78 is 51.8. The Kier molecular flexibility index (Phi) is 7.68. The zero-order valence-electron chi connectivity index (χ0n) is 19.2. The van der Waals surface area contributed by atoms with E-state index in [2.05, 4.69) is 9.97 Å². The Balaban J connectivity index is 1.89. The number of nitrogens with one attached hydrogen (secondary N) is 1. The maximum absolute atomic E-state index is 14.3. The fourth-order valence-corrected chi connectivity index (χ4v) is 5.45. The Hall–Kier alpha value is -1.37. The number of H-pyrrole nitrogens is 1. The molecule has 2 aromatic rings. The molecule has 9 nitrogen and oxygen atoms in total. The maximum Gasteiger partial charge on any atom is 0.359 e. The zero-order chi connectivity index (χ0) is 25.6. The summed E-state index contributed by atoms with van der Waals surface area (Å²) in [5.41, 5.74) is -1.27. The summed E-state index contributed by atoms with van der Waals surface area (Å²) >= 11 is 5.26. The van der Waals surface area contributed by atoms with Crippen LogP contribution < -0.4 is 0 Å². The second-order valence-electron chi connectivity index (χ2n) is 9.01. The fourth-order valence-electron chi connectivity index (χ4n) is 3.78. The number of nitrogens with zero attached hydrogens (tertiary/aromatic N) is 1. The van der Waals surface area contributed by atoms with Gasteiger partial charge in [0, 0.05) is 18.1 Å². The van der Waals surface area contributed by atoms with Crippen LogP contribution in [0, 0.1) is 16.4 Å². The molecule has 3 rings (SSSR count). The van der Waals surface area contributed by atoms with Crippen molar-refractivity contribution >= 4 is 30.8 Å². The van der Waals surface area contributed by atoms with Gasteiger partial charge < -0.3 is 34.5 Å². The topological polar surface area (TPSA) is 145 Å². The van der Waals surface area contributed by atoms with Crippen LogP contribution >= 0.6 is 19.8 Å². The van der Waals surface area contributed by atoms with Gasteiger partial charge in [-0.15, -0.1) is 0 Å². The van der Waals surface area contributed by atoms with Crippen molar-refractivity contribution in [2.24, 2.45) is 0 Å². The highest BCUT2D eigenvalue weighted by Crippen LogP contribution is 2.59. The second-order valence-corrected chi connectivity index (χ2v) is 11.6. The number of hydrogen-bond donors (Lipinski definition) is 5. The van der Waals surface area contributed by atoms with E-state index in [9.17, 15) is 33.6 Å². The molecule has 34 heavy (non-hydrogen) atoms. The third kappa shape index (κ3) is 5.10. The molecule has 1 aliphatic rings. The van der Waals surface area contributed by atoms with Crippen LogP contribution in [0.4, 0.5) is 8.78 Å². The molecule has 190 valence electrons. The molecule has 0 aliphatic carbocycles. The molecule has 13 heteroatoms. The molecule has 0 amide bonds. The van der Waals surface area contributed by atoms with Gasteiger partial charge in [0.05, 0.1) is 17.1 Å². The van der Waals surface area contributed by atoms with E-state index >= 15 is 0 Å². The van der Waals surface area contributed by atoms with Gasteiger partial charge in [0.15, 0.2) is 5.34 Å². The van der Waals surface area contributed by atoms with E-state index in [-0.39, 0.29) is 40.5 Å². The second kappa shape index (κ2) is 9.59. The average Bonchev–Trinajstić information content (AvgIpc) is 3.00. The van der Waals surface area contributed by atoms with E-state index in [1.54, 1.807) is 13.8 Å². The van der Waals surface area contributed by atoms with E-state index in [0.717, 1.165) is 0 Å². The number of hydrogen-bond acceptors (Lipinski definition) is 8. The average molecular weight is 523 g/mol. The largest absolute Gasteiger partial charge is 0.388 e. The number of pyridine rings is 2. The van der Waals surface area contributed by atoms with Crippen LogP contribution in [0.15, 0.2) is 12.1 Å². The zero-order valence-corrected chi connectivity index (χ0v) is 20.9. The molecule has 7 atom stereocenters. The number of aromatic nitrogens is 2. The number of halogens is 2. The van der Waals surface area contributed by atoms with Crippen LogP contribution in [-0.2, 0) is 13.8 Å². The molecule has 5 N–H and O–H groups in total. The quantitative estimate of drug-likeness (QED) is 0.199. The lowest BCUT2D eigenvalue weighted by atomic mass is 9.92. The summed E-state index contributed by atoms with van der Waals surface area (Å²) in [5, 5.41) is 29.6. The van der Waals surface area contributed by atoms with Crippen LogP contribution in [0.3, 0.4) is 0 Å². The summed E-state index contributed by atoms with van der Waals surface area (Å²) in [7, 11) is -4.49. The first-order chi connectivity index (χ1) is 15.6. The lowest BCUT2D eigenvalue weighted by Crippen LogP contribution is -2.40. The van der Waals surface area contributed by atoms with Crippen LogP contribution in [0.2, 0.25) is 0 Å². The number of ether oxygens (including phenoxy) is 1. The molecule has 3 heterocycles. The smallest absolute Gasteiger partial charge is 0.359 e. The van der Waals surface area contributed by atoms with E-state index in [0.29, 0.717) is 6.07 Å². The van der Waals surface area contributed by atoms with Crippen LogP contribution in [0.1, 0.15) is 58.6 Å². The minimum Gasteiger partial charge on any atom is -0.388 e. The first-order valence-electron chi connectivity index (χ1n) is 10.8. The van der Waals surface area contributed by atoms with Crippen molar-refractivity contribution in [1.82, 2.24) is 9.97 Å². The molecule has 0 radical (unpaired) electrons. The van der Waals surface area contributed by atoms with E-state index in [4.69, 9.17) is 21.5 Å². The highest BCUT2D eigenvalue weighted by Gasteiger charge is 2.50. The standard InChI is InChI=1S/C21H29F2N2O7PS/c1-5-20(3,32-33(29,30)21(4,28)6-2)9-13-15(26)16(27)17(31-13)11-7-10-12(22)8-14(23)24-18(10)25-19(11)34/h7-8,13,15-17,26-28H,5-6,9H2,1-4H3,(H,29,30)(H,24,25,34)/t13-,15?,16+,17+,20?,21?/m1/s1. The first-order valence-corrected chi connectivity index (χ1v) is 12.8.